The molecule has 30 heavy (non-hydrogen) atoms. The summed E-state index contributed by atoms with van der Waals surface area (Å²) in [5.74, 6) is 2.38. The zero-order valence-corrected chi connectivity index (χ0v) is 22.3. The van der Waals surface area contributed by atoms with Crippen LogP contribution in [0.4, 0.5) is 0 Å². The third kappa shape index (κ3) is 9.71. The van der Waals surface area contributed by atoms with E-state index in [-0.39, 0.29) is 0 Å². The monoisotopic (exact) mass is 490 g/mol. The van der Waals surface area contributed by atoms with Gasteiger partial charge in [0.1, 0.15) is 5.75 Å². The van der Waals surface area contributed by atoms with E-state index in [1.54, 1.807) is 0 Å². The molecule has 1 fully saturated rings. The van der Waals surface area contributed by atoms with Crippen LogP contribution in [0, 0.1) is 0 Å². The summed E-state index contributed by atoms with van der Waals surface area (Å²) in [7, 11) is 0. The summed E-state index contributed by atoms with van der Waals surface area (Å²) in [5, 5.41) is 0. The summed E-state index contributed by atoms with van der Waals surface area (Å²) < 4.78 is 6.24. The van der Waals surface area contributed by atoms with Gasteiger partial charge in [-0.15, -0.1) is 33.2 Å². The van der Waals surface area contributed by atoms with Gasteiger partial charge in [0.05, 0.1) is 6.61 Å². The Labute approximate surface area is 200 Å². The predicted octanol–water partition coefficient (Wildman–Crippen LogP) is 10.0. The van der Waals surface area contributed by atoms with E-state index in [2.05, 4.69) is 32.0 Å². The van der Waals surface area contributed by atoms with Gasteiger partial charge >= 0.3 is 6.00 Å². The first-order chi connectivity index (χ1) is 14.4. The minimum absolute atomic E-state index is 0.634. The van der Waals surface area contributed by atoms with Gasteiger partial charge in [0.15, 0.2) is 0 Å². The van der Waals surface area contributed by atoms with Crippen molar-refractivity contribution in [3.8, 4) is 5.75 Å². The Morgan fingerprint density at radius 2 is 1.70 bits per heavy atom. The fourth-order valence-corrected chi connectivity index (χ4v) is 6.53. The third-order valence-electron chi connectivity index (χ3n) is 6.46. The lowest BCUT2D eigenvalue weighted by atomic mass is 9.81. The molecule has 0 aromatic heterocycles. The fourth-order valence-electron chi connectivity index (χ4n) is 4.78. The van der Waals surface area contributed by atoms with Gasteiger partial charge in [-0.1, -0.05) is 77.3 Å². The van der Waals surface area contributed by atoms with Crippen LogP contribution in [0.1, 0.15) is 120 Å². The van der Waals surface area contributed by atoms with Crippen LogP contribution in [0.15, 0.2) is 18.2 Å². The van der Waals surface area contributed by atoms with Crippen LogP contribution in [0.25, 0.3) is 0 Å². The van der Waals surface area contributed by atoms with Gasteiger partial charge < -0.3 is 4.74 Å². The Hall–Kier alpha value is 0.107. The van der Waals surface area contributed by atoms with Crippen LogP contribution < -0.4 is 4.74 Å². The van der Waals surface area contributed by atoms with Gasteiger partial charge in [-0.2, -0.15) is 0 Å². The highest BCUT2D eigenvalue weighted by molar-refractivity contribution is 7.64. The number of ether oxygens (including phenoxy) is 1. The Bertz CT molecular complexity index is 597. The highest BCUT2D eigenvalue weighted by Crippen LogP contribution is 2.40. The highest BCUT2D eigenvalue weighted by atomic mass is 35.8. The van der Waals surface area contributed by atoms with E-state index in [0.29, 0.717) is 24.5 Å². The lowest BCUT2D eigenvalue weighted by Gasteiger charge is -2.26. The van der Waals surface area contributed by atoms with Gasteiger partial charge in [0, 0.05) is 0 Å². The van der Waals surface area contributed by atoms with Crippen LogP contribution in [0.5, 0.6) is 5.75 Å². The molecule has 0 saturated heterocycles. The molecule has 1 nitrogen and oxygen atoms in total. The lowest BCUT2D eigenvalue weighted by Crippen LogP contribution is -2.12. The molecule has 5 heteroatoms. The maximum absolute atomic E-state index is 6.24. The molecule has 0 bridgehead atoms. The predicted molar refractivity (Wildman–Crippen MR) is 137 cm³/mol. The molecule has 0 heterocycles. The molecule has 1 atom stereocenters. The van der Waals surface area contributed by atoms with Crippen molar-refractivity contribution in [3.05, 3.63) is 29.3 Å². The summed E-state index contributed by atoms with van der Waals surface area (Å²) in [6, 6.07) is 5.16. The van der Waals surface area contributed by atoms with Gasteiger partial charge in [-0.25, -0.2) is 0 Å². The summed E-state index contributed by atoms with van der Waals surface area (Å²) in [6.07, 6.45) is 16.6. The van der Waals surface area contributed by atoms with Crippen LogP contribution in [-0.4, -0.2) is 12.6 Å². The highest BCUT2D eigenvalue weighted by Gasteiger charge is 2.25. The van der Waals surface area contributed by atoms with Crippen LogP contribution in [0.2, 0.25) is 6.04 Å². The van der Waals surface area contributed by atoms with Crippen LogP contribution >= 0.6 is 33.2 Å². The third-order valence-corrected chi connectivity index (χ3v) is 9.08. The molecule has 1 aliphatic carbocycles. The molecule has 1 aliphatic rings. The zero-order chi connectivity index (χ0) is 21.8. The smallest absolute Gasteiger partial charge is 0.341 e. The first-order valence-corrected chi connectivity index (χ1v) is 17.5. The van der Waals surface area contributed by atoms with Crippen molar-refractivity contribution in [2.45, 2.75) is 115 Å². The molecule has 1 saturated carbocycles. The molecule has 172 valence electrons. The van der Waals surface area contributed by atoms with Crippen LogP contribution in [-0.2, 0) is 0 Å². The van der Waals surface area contributed by atoms with Gasteiger partial charge in [0.25, 0.3) is 0 Å². The van der Waals surface area contributed by atoms with Gasteiger partial charge in [-0.3, -0.25) is 0 Å². The minimum Gasteiger partial charge on any atom is -0.493 e. The Balaban J connectivity index is 2.12. The van der Waals surface area contributed by atoms with E-state index < -0.39 is 6.00 Å². The van der Waals surface area contributed by atoms with E-state index >= 15 is 0 Å². The average molecular weight is 492 g/mol. The summed E-state index contributed by atoms with van der Waals surface area (Å²) in [6.45, 7) is 5.23. The summed E-state index contributed by atoms with van der Waals surface area (Å²) in [4.78, 5) is 0. The average Bonchev–Trinajstić information content (AvgIpc) is 2.73. The standard InChI is InChI=1S/C25H41Cl3OSi/c1-3-5-6-8-13-21(12-4-2)23-16-17-25(29-18-11-19-30(26,27)28)24(20-23)22-14-9-7-10-15-22/h16-17,20-22H,3-15,18-19H2,1-2H3. The Morgan fingerprint density at radius 1 is 0.933 bits per heavy atom. The van der Waals surface area contributed by atoms with Crippen LogP contribution in [0.3, 0.4) is 0 Å². The molecule has 0 radical (unpaired) electrons. The second kappa shape index (κ2) is 14.3. The number of hydrogen-bond acceptors (Lipinski definition) is 1. The zero-order valence-electron chi connectivity index (χ0n) is 19.0. The fraction of sp³-hybridized carbons (Fsp3) is 0.760. The SMILES string of the molecule is CCCCCCC(CCC)c1ccc(OCCC[Si](Cl)(Cl)Cl)c(C2CCCCC2)c1. The molecular formula is C25H41Cl3OSi. The molecule has 1 aromatic rings. The number of rotatable bonds is 14. The molecule has 0 amide bonds. The molecule has 0 aliphatic heterocycles. The van der Waals surface area contributed by atoms with Crippen molar-refractivity contribution in [1.29, 1.82) is 0 Å². The van der Waals surface area contributed by atoms with Crippen molar-refractivity contribution in [3.63, 3.8) is 0 Å². The molecule has 2 rings (SSSR count). The molecule has 1 aromatic carbocycles. The quantitative estimate of drug-likeness (QED) is 0.143. The normalized spacial score (nSPS) is 16.6. The minimum atomic E-state index is -2.56. The van der Waals surface area contributed by atoms with Gasteiger partial charge in [0.2, 0.25) is 0 Å². The van der Waals surface area contributed by atoms with Gasteiger partial charge in [-0.05, 0) is 67.2 Å². The number of halogens is 3. The first-order valence-electron chi connectivity index (χ1n) is 12.3. The second-order valence-corrected chi connectivity index (χ2v) is 18.3. The van der Waals surface area contributed by atoms with Crippen molar-refractivity contribution in [1.82, 2.24) is 0 Å². The van der Waals surface area contributed by atoms with Crippen molar-refractivity contribution in [2.75, 3.05) is 6.61 Å². The molecule has 0 spiro atoms. The van der Waals surface area contributed by atoms with Crippen molar-refractivity contribution >= 4 is 39.2 Å². The first kappa shape index (κ1) is 26.4. The van der Waals surface area contributed by atoms with E-state index in [1.165, 1.54) is 88.2 Å². The molecular weight excluding hydrogens is 451 g/mol. The Kier molecular flexibility index (Phi) is 12.6. The summed E-state index contributed by atoms with van der Waals surface area (Å²) >= 11 is 18.1. The maximum Gasteiger partial charge on any atom is 0.341 e. The summed E-state index contributed by atoms with van der Waals surface area (Å²) in [5.41, 5.74) is 2.96. The topological polar surface area (TPSA) is 9.23 Å². The molecule has 1 unspecified atom stereocenters. The second-order valence-electron chi connectivity index (χ2n) is 9.03. The number of benzene rings is 1. The van der Waals surface area contributed by atoms with E-state index in [0.717, 1.165) is 12.2 Å². The van der Waals surface area contributed by atoms with E-state index in [4.69, 9.17) is 38.0 Å². The lowest BCUT2D eigenvalue weighted by molar-refractivity contribution is 0.307. The van der Waals surface area contributed by atoms with Crippen molar-refractivity contribution in [2.24, 2.45) is 0 Å². The van der Waals surface area contributed by atoms with Crippen molar-refractivity contribution < 1.29 is 4.74 Å². The largest absolute Gasteiger partial charge is 0.493 e. The molecule has 0 N–H and O–H groups in total. The number of hydrogen-bond donors (Lipinski definition) is 0. The number of unbranched alkanes of at least 4 members (excludes halogenated alkanes) is 3. The maximum atomic E-state index is 6.24. The Morgan fingerprint density at radius 3 is 2.37 bits per heavy atom. The van der Waals surface area contributed by atoms with E-state index in [9.17, 15) is 0 Å². The van der Waals surface area contributed by atoms with E-state index in [1.807, 2.05) is 0 Å².